The summed E-state index contributed by atoms with van der Waals surface area (Å²) in [5, 5.41) is 16.9. The molecular weight excluding hydrogens is 380 g/mol. The van der Waals surface area contributed by atoms with Gasteiger partial charge in [-0.2, -0.15) is 5.26 Å². The van der Waals surface area contributed by atoms with E-state index in [-0.39, 0.29) is 6.10 Å². The normalized spacial score (nSPS) is 22.5. The fourth-order valence-corrected chi connectivity index (χ4v) is 4.51. The number of pyridine rings is 1. The first-order valence-corrected chi connectivity index (χ1v) is 11.3. The average molecular weight is 415 g/mol. The van der Waals surface area contributed by atoms with Crippen molar-refractivity contribution in [1.82, 2.24) is 14.8 Å². The molecule has 2 saturated heterocycles. The minimum absolute atomic E-state index is 0.254. The maximum atomic E-state index is 9.89. The van der Waals surface area contributed by atoms with Crippen LogP contribution in [0.25, 0.3) is 0 Å². The van der Waals surface area contributed by atoms with Gasteiger partial charge in [0, 0.05) is 51.4 Å². The number of hydrogen-bond donors (Lipinski definition) is 2. The molecule has 0 bridgehead atoms. The van der Waals surface area contributed by atoms with E-state index in [4.69, 9.17) is 14.5 Å². The number of morpholine rings is 1. The summed E-state index contributed by atoms with van der Waals surface area (Å²) in [6.45, 7) is 8.92. The molecule has 1 aromatic heterocycles. The predicted molar refractivity (Wildman–Crippen MR) is 117 cm³/mol. The summed E-state index contributed by atoms with van der Waals surface area (Å²) >= 11 is 0. The van der Waals surface area contributed by atoms with Crippen LogP contribution < -0.4 is 10.6 Å². The van der Waals surface area contributed by atoms with Gasteiger partial charge in [-0.05, 0) is 44.8 Å². The lowest BCUT2D eigenvalue weighted by atomic mass is 9.96. The Hall–Kier alpha value is -1.92. The Labute approximate surface area is 179 Å². The van der Waals surface area contributed by atoms with Gasteiger partial charge in [0.1, 0.15) is 17.7 Å². The Kier molecular flexibility index (Phi) is 7.39. The molecule has 0 amide bonds. The third kappa shape index (κ3) is 5.22. The third-order valence-corrected chi connectivity index (χ3v) is 6.26. The number of rotatable bonds is 8. The summed E-state index contributed by atoms with van der Waals surface area (Å²) in [6.07, 6.45) is 4.38. The molecule has 1 aromatic rings. The second-order valence-corrected chi connectivity index (χ2v) is 8.49. The van der Waals surface area contributed by atoms with Crippen molar-refractivity contribution >= 4 is 11.6 Å². The predicted octanol–water partition coefficient (Wildman–Crippen LogP) is 1.67. The van der Waals surface area contributed by atoms with E-state index in [1.54, 1.807) is 0 Å². The third-order valence-electron chi connectivity index (χ3n) is 6.26. The zero-order valence-corrected chi connectivity index (χ0v) is 18.1. The molecule has 4 heterocycles. The van der Waals surface area contributed by atoms with Crippen LogP contribution in [-0.2, 0) is 22.4 Å². The van der Waals surface area contributed by atoms with Crippen molar-refractivity contribution in [1.29, 1.82) is 5.26 Å². The van der Waals surface area contributed by atoms with E-state index in [1.807, 2.05) is 0 Å². The number of likely N-dealkylation sites (N-methyl/N-ethyl adjacent to an activating group) is 1. The van der Waals surface area contributed by atoms with Gasteiger partial charge in [0.2, 0.25) is 0 Å². The van der Waals surface area contributed by atoms with Gasteiger partial charge in [-0.1, -0.05) is 0 Å². The Bertz CT molecular complexity index is 753. The molecule has 0 unspecified atom stereocenters. The number of hydrogen-bond acceptors (Lipinski definition) is 8. The maximum Gasteiger partial charge on any atom is 0.146 e. The molecule has 3 aliphatic rings. The van der Waals surface area contributed by atoms with Gasteiger partial charge in [0.15, 0.2) is 0 Å². The van der Waals surface area contributed by atoms with Gasteiger partial charge in [-0.15, -0.1) is 0 Å². The van der Waals surface area contributed by atoms with Gasteiger partial charge >= 0.3 is 0 Å². The first-order chi connectivity index (χ1) is 14.7. The number of nitrogens with one attached hydrogen (secondary N) is 2. The summed E-state index contributed by atoms with van der Waals surface area (Å²) in [4.78, 5) is 9.60. The number of nitriles is 1. The molecule has 0 aromatic carbocycles. The molecular formula is C22H34N6O2. The number of ether oxygens (including phenoxy) is 2. The molecule has 30 heavy (non-hydrogen) atoms. The first kappa shape index (κ1) is 21.3. The van der Waals surface area contributed by atoms with E-state index in [2.05, 4.69) is 33.6 Å². The van der Waals surface area contributed by atoms with Gasteiger partial charge in [-0.3, -0.25) is 4.90 Å². The van der Waals surface area contributed by atoms with E-state index in [9.17, 15) is 5.26 Å². The number of aromatic nitrogens is 1. The van der Waals surface area contributed by atoms with Crippen LogP contribution in [0.5, 0.6) is 0 Å². The fraction of sp³-hybridized carbons (Fsp3) is 0.727. The topological polar surface area (TPSA) is 85.7 Å². The summed E-state index contributed by atoms with van der Waals surface area (Å²) in [5.74, 6) is 1.62. The molecule has 8 nitrogen and oxygen atoms in total. The lowest BCUT2D eigenvalue weighted by Gasteiger charge is -2.29. The van der Waals surface area contributed by atoms with Gasteiger partial charge in [0.25, 0.3) is 0 Å². The van der Waals surface area contributed by atoms with E-state index in [1.165, 1.54) is 0 Å². The van der Waals surface area contributed by atoms with Crippen molar-refractivity contribution < 1.29 is 9.47 Å². The molecule has 0 saturated carbocycles. The average Bonchev–Trinajstić information content (AvgIpc) is 3.29. The first-order valence-electron chi connectivity index (χ1n) is 11.3. The lowest BCUT2D eigenvalue weighted by Crippen LogP contribution is -2.37. The monoisotopic (exact) mass is 414 g/mol. The Morgan fingerprint density at radius 2 is 2.00 bits per heavy atom. The van der Waals surface area contributed by atoms with Gasteiger partial charge < -0.3 is 25.0 Å². The van der Waals surface area contributed by atoms with Crippen molar-refractivity contribution in [3.05, 3.63) is 16.7 Å². The van der Waals surface area contributed by atoms with E-state index in [0.717, 1.165) is 114 Å². The Morgan fingerprint density at radius 1 is 1.13 bits per heavy atom. The zero-order valence-electron chi connectivity index (χ0n) is 18.1. The standard InChI is InChI=1S/C22H34N6O2/c1-27-8-5-18-19(14-23)21(24-6-3-7-28-9-12-29-13-10-28)26-22(20(18)16-27)25-15-17-4-2-11-30-17/h17H,2-13,15-16H2,1H3,(H2,24,25,26)/t17-/m1/s1. The zero-order chi connectivity index (χ0) is 20.8. The Morgan fingerprint density at radius 3 is 2.77 bits per heavy atom. The minimum atomic E-state index is 0.254. The van der Waals surface area contributed by atoms with Crippen LogP contribution in [0, 0.1) is 11.3 Å². The molecule has 0 spiro atoms. The minimum Gasteiger partial charge on any atom is -0.379 e. The van der Waals surface area contributed by atoms with Gasteiger partial charge in [-0.25, -0.2) is 4.98 Å². The highest BCUT2D eigenvalue weighted by atomic mass is 16.5. The van der Waals surface area contributed by atoms with Crippen LogP contribution >= 0.6 is 0 Å². The quantitative estimate of drug-likeness (QED) is 0.622. The van der Waals surface area contributed by atoms with Gasteiger partial charge in [0.05, 0.1) is 24.9 Å². The van der Waals surface area contributed by atoms with E-state index >= 15 is 0 Å². The highest BCUT2D eigenvalue weighted by Crippen LogP contribution is 2.31. The van der Waals surface area contributed by atoms with Crippen molar-refractivity contribution in [3.8, 4) is 6.07 Å². The summed E-state index contributed by atoms with van der Waals surface area (Å²) in [5.41, 5.74) is 3.03. The molecule has 2 N–H and O–H groups in total. The largest absolute Gasteiger partial charge is 0.379 e. The number of nitrogens with zero attached hydrogens (tertiary/aromatic N) is 4. The Balaban J connectivity index is 1.45. The summed E-state index contributed by atoms with van der Waals surface area (Å²) in [7, 11) is 2.12. The van der Waals surface area contributed by atoms with Crippen LogP contribution in [-0.4, -0.2) is 87.0 Å². The molecule has 0 aliphatic carbocycles. The summed E-state index contributed by atoms with van der Waals surface area (Å²) in [6, 6.07) is 2.43. The van der Waals surface area contributed by atoms with Crippen molar-refractivity contribution in [2.75, 3.05) is 76.8 Å². The highest BCUT2D eigenvalue weighted by Gasteiger charge is 2.25. The molecule has 3 aliphatic heterocycles. The molecule has 2 fully saturated rings. The molecule has 8 heteroatoms. The molecule has 164 valence electrons. The van der Waals surface area contributed by atoms with Crippen LogP contribution in [0.4, 0.5) is 11.6 Å². The maximum absolute atomic E-state index is 9.89. The second-order valence-electron chi connectivity index (χ2n) is 8.49. The lowest BCUT2D eigenvalue weighted by molar-refractivity contribution is 0.0378. The smallest absolute Gasteiger partial charge is 0.146 e. The van der Waals surface area contributed by atoms with Crippen LogP contribution in [0.15, 0.2) is 0 Å². The molecule has 0 radical (unpaired) electrons. The van der Waals surface area contributed by atoms with Crippen molar-refractivity contribution in [3.63, 3.8) is 0 Å². The molecule has 4 rings (SSSR count). The van der Waals surface area contributed by atoms with Crippen LogP contribution in [0.3, 0.4) is 0 Å². The SMILES string of the molecule is CN1CCc2c(C#N)c(NCCCN3CCOCC3)nc(NC[C@H]3CCCO3)c2C1. The number of anilines is 2. The number of fused-ring (bicyclic) bond motifs is 1. The van der Waals surface area contributed by atoms with Crippen molar-refractivity contribution in [2.24, 2.45) is 0 Å². The van der Waals surface area contributed by atoms with Crippen LogP contribution in [0.1, 0.15) is 36.0 Å². The van der Waals surface area contributed by atoms with Crippen molar-refractivity contribution in [2.45, 2.75) is 38.3 Å². The second kappa shape index (κ2) is 10.4. The highest BCUT2D eigenvalue weighted by molar-refractivity contribution is 5.66. The van der Waals surface area contributed by atoms with E-state index in [0.29, 0.717) is 5.56 Å². The molecule has 1 atom stereocenters. The fourth-order valence-electron chi connectivity index (χ4n) is 4.51. The van der Waals surface area contributed by atoms with E-state index < -0.39 is 0 Å². The summed E-state index contributed by atoms with van der Waals surface area (Å²) < 4.78 is 11.2. The van der Waals surface area contributed by atoms with Crippen LogP contribution in [0.2, 0.25) is 0 Å².